The summed E-state index contributed by atoms with van der Waals surface area (Å²) >= 11 is 0. The zero-order valence-corrected chi connectivity index (χ0v) is 11.6. The molecule has 1 aliphatic rings. The highest BCUT2D eigenvalue weighted by molar-refractivity contribution is 5.52. The topological polar surface area (TPSA) is 34.1 Å². The fourth-order valence-electron chi connectivity index (χ4n) is 3.00. The fraction of sp³-hybridized carbons (Fsp3) is 0.667. The van der Waals surface area contributed by atoms with Crippen LogP contribution < -0.4 is 10.1 Å². The van der Waals surface area contributed by atoms with Gasteiger partial charge in [-0.2, -0.15) is 0 Å². The molecule has 0 bridgehead atoms. The molecular formula is C15H24N2O. The fourth-order valence-corrected chi connectivity index (χ4v) is 3.00. The molecule has 1 saturated carbocycles. The van der Waals surface area contributed by atoms with Gasteiger partial charge in [0.1, 0.15) is 0 Å². The Balaban J connectivity index is 2.11. The summed E-state index contributed by atoms with van der Waals surface area (Å²) in [6, 6.07) is 4.56. The molecule has 0 saturated heterocycles. The number of anilines is 1. The number of methoxy groups -OCH3 is 1. The number of pyridine rings is 1. The molecule has 0 radical (unpaired) electrons. The third-order valence-corrected chi connectivity index (χ3v) is 3.98. The molecule has 0 amide bonds. The predicted octanol–water partition coefficient (Wildman–Crippen LogP) is 3.72. The molecule has 1 N–H and O–H groups in total. The summed E-state index contributed by atoms with van der Waals surface area (Å²) in [5.41, 5.74) is 1.03. The number of nitrogens with one attached hydrogen (secondary N) is 1. The first-order valence-electron chi connectivity index (χ1n) is 6.98. The van der Waals surface area contributed by atoms with Gasteiger partial charge in [-0.25, -0.2) is 4.98 Å². The van der Waals surface area contributed by atoms with Crippen molar-refractivity contribution in [2.24, 2.45) is 11.8 Å². The van der Waals surface area contributed by atoms with Gasteiger partial charge in [0, 0.05) is 12.2 Å². The molecule has 3 heteroatoms. The highest BCUT2D eigenvalue weighted by Gasteiger charge is 2.27. The van der Waals surface area contributed by atoms with Crippen molar-refractivity contribution in [1.29, 1.82) is 0 Å². The molecule has 1 fully saturated rings. The third kappa shape index (κ3) is 2.95. The van der Waals surface area contributed by atoms with Gasteiger partial charge < -0.3 is 10.1 Å². The molecular weight excluding hydrogens is 224 g/mol. The number of hydrogen-bond acceptors (Lipinski definition) is 3. The normalized spacial score (nSPS) is 24.0. The molecule has 2 unspecified atom stereocenters. The molecule has 100 valence electrons. The Hall–Kier alpha value is -1.25. The minimum atomic E-state index is 0.553. The van der Waals surface area contributed by atoms with Gasteiger partial charge >= 0.3 is 0 Å². The van der Waals surface area contributed by atoms with Crippen LogP contribution in [0.25, 0.3) is 0 Å². The average Bonchev–Trinajstić information content (AvgIpc) is 2.40. The maximum absolute atomic E-state index is 5.31. The first kappa shape index (κ1) is 13.2. The lowest BCUT2D eigenvalue weighted by molar-refractivity contribution is 0.253. The summed E-state index contributed by atoms with van der Waals surface area (Å²) in [6.07, 6.45) is 7.04. The lowest BCUT2D eigenvalue weighted by Crippen LogP contribution is -2.35. The molecule has 0 aromatic carbocycles. The van der Waals surface area contributed by atoms with E-state index in [0.717, 1.165) is 17.5 Å². The third-order valence-electron chi connectivity index (χ3n) is 3.98. The summed E-state index contributed by atoms with van der Waals surface area (Å²) in [5.74, 6) is 2.18. The second-order valence-electron chi connectivity index (χ2n) is 5.50. The second kappa shape index (κ2) is 6.07. The van der Waals surface area contributed by atoms with Crippen molar-refractivity contribution in [3.8, 4) is 5.88 Å². The van der Waals surface area contributed by atoms with Gasteiger partial charge in [0.05, 0.1) is 12.8 Å². The Morgan fingerprint density at radius 1 is 1.33 bits per heavy atom. The van der Waals surface area contributed by atoms with Gasteiger partial charge in [-0.3, -0.25) is 0 Å². The molecule has 18 heavy (non-hydrogen) atoms. The monoisotopic (exact) mass is 248 g/mol. The van der Waals surface area contributed by atoms with Crippen LogP contribution in [0.15, 0.2) is 18.3 Å². The highest BCUT2D eigenvalue weighted by atomic mass is 16.5. The van der Waals surface area contributed by atoms with Crippen LogP contribution in [0.2, 0.25) is 0 Å². The Kier molecular flexibility index (Phi) is 4.45. The van der Waals surface area contributed by atoms with Crippen molar-refractivity contribution >= 4 is 5.69 Å². The molecule has 1 aliphatic carbocycles. The summed E-state index contributed by atoms with van der Waals surface area (Å²) in [5, 5.41) is 3.64. The van der Waals surface area contributed by atoms with E-state index in [1.54, 1.807) is 13.3 Å². The van der Waals surface area contributed by atoms with Crippen LogP contribution in [0.3, 0.4) is 0 Å². The first-order valence-corrected chi connectivity index (χ1v) is 6.98. The van der Waals surface area contributed by atoms with Crippen molar-refractivity contribution in [2.75, 3.05) is 12.4 Å². The minimum absolute atomic E-state index is 0.553. The standard InChI is InChI=1S/C15H24N2O/c1-11(2)12-7-4-5-8-13(12)17-14-9-6-10-16-15(14)18-3/h6,9-13,17H,4-5,7-8H2,1-3H3. The van der Waals surface area contributed by atoms with Crippen LogP contribution in [0.1, 0.15) is 39.5 Å². The molecule has 3 nitrogen and oxygen atoms in total. The number of hydrogen-bond donors (Lipinski definition) is 1. The lowest BCUT2D eigenvalue weighted by Gasteiger charge is -2.35. The van der Waals surface area contributed by atoms with Gasteiger partial charge in [0.25, 0.3) is 0 Å². The lowest BCUT2D eigenvalue weighted by atomic mass is 9.78. The van der Waals surface area contributed by atoms with Crippen molar-refractivity contribution in [3.63, 3.8) is 0 Å². The maximum atomic E-state index is 5.31. The van der Waals surface area contributed by atoms with Crippen molar-refractivity contribution in [1.82, 2.24) is 4.98 Å². The van der Waals surface area contributed by atoms with Gasteiger partial charge in [-0.05, 0) is 36.8 Å². The number of aromatic nitrogens is 1. The average molecular weight is 248 g/mol. The molecule has 1 aromatic rings. The molecule has 2 atom stereocenters. The van der Waals surface area contributed by atoms with Gasteiger partial charge in [0.2, 0.25) is 5.88 Å². The van der Waals surface area contributed by atoms with E-state index in [2.05, 4.69) is 30.2 Å². The van der Waals surface area contributed by atoms with Gasteiger partial charge in [-0.15, -0.1) is 0 Å². The van der Waals surface area contributed by atoms with Gasteiger partial charge in [0.15, 0.2) is 0 Å². The van der Waals surface area contributed by atoms with Crippen LogP contribution in [0, 0.1) is 11.8 Å². The van der Waals surface area contributed by atoms with Crippen molar-refractivity contribution in [3.05, 3.63) is 18.3 Å². The Morgan fingerprint density at radius 2 is 2.11 bits per heavy atom. The Morgan fingerprint density at radius 3 is 2.83 bits per heavy atom. The van der Waals surface area contributed by atoms with Crippen molar-refractivity contribution < 1.29 is 4.74 Å². The minimum Gasteiger partial charge on any atom is -0.480 e. The smallest absolute Gasteiger partial charge is 0.237 e. The molecule has 0 aliphatic heterocycles. The second-order valence-corrected chi connectivity index (χ2v) is 5.50. The molecule has 1 aromatic heterocycles. The Bertz CT molecular complexity index is 379. The van der Waals surface area contributed by atoms with Crippen molar-refractivity contribution in [2.45, 2.75) is 45.6 Å². The zero-order valence-electron chi connectivity index (χ0n) is 11.6. The molecule has 2 rings (SSSR count). The van der Waals surface area contributed by atoms with E-state index in [1.807, 2.05) is 6.07 Å². The summed E-state index contributed by atoms with van der Waals surface area (Å²) < 4.78 is 5.31. The highest BCUT2D eigenvalue weighted by Crippen LogP contribution is 2.33. The quantitative estimate of drug-likeness (QED) is 0.882. The van der Waals surface area contributed by atoms with Crippen LogP contribution in [-0.2, 0) is 0 Å². The first-order chi connectivity index (χ1) is 8.72. The van der Waals surface area contributed by atoms with Gasteiger partial charge in [-0.1, -0.05) is 26.7 Å². The summed E-state index contributed by atoms with van der Waals surface area (Å²) in [7, 11) is 1.67. The number of nitrogens with zero attached hydrogens (tertiary/aromatic N) is 1. The predicted molar refractivity (Wildman–Crippen MR) is 75.0 cm³/mol. The van der Waals surface area contributed by atoms with E-state index in [4.69, 9.17) is 4.74 Å². The van der Waals surface area contributed by atoms with E-state index in [0.29, 0.717) is 11.9 Å². The zero-order chi connectivity index (χ0) is 13.0. The van der Waals surface area contributed by atoms with Crippen LogP contribution in [0.5, 0.6) is 5.88 Å². The molecule has 0 spiro atoms. The maximum Gasteiger partial charge on any atom is 0.237 e. The summed E-state index contributed by atoms with van der Waals surface area (Å²) in [4.78, 5) is 4.25. The van der Waals surface area contributed by atoms with E-state index in [9.17, 15) is 0 Å². The van der Waals surface area contributed by atoms with E-state index in [1.165, 1.54) is 25.7 Å². The number of rotatable bonds is 4. The van der Waals surface area contributed by atoms with Crippen LogP contribution in [-0.4, -0.2) is 18.1 Å². The van der Waals surface area contributed by atoms with Crippen LogP contribution in [0.4, 0.5) is 5.69 Å². The Labute approximate surface area is 110 Å². The van der Waals surface area contributed by atoms with E-state index < -0.39 is 0 Å². The number of ether oxygens (including phenoxy) is 1. The van der Waals surface area contributed by atoms with Crippen LogP contribution >= 0.6 is 0 Å². The largest absolute Gasteiger partial charge is 0.480 e. The van der Waals surface area contributed by atoms with E-state index >= 15 is 0 Å². The molecule has 1 heterocycles. The summed E-state index contributed by atoms with van der Waals surface area (Å²) in [6.45, 7) is 4.65. The SMILES string of the molecule is COc1ncccc1NC1CCCCC1C(C)C. The van der Waals surface area contributed by atoms with E-state index in [-0.39, 0.29) is 0 Å².